The number of rotatable bonds is 13. The molecule has 3 amide bonds. The molecule has 8 nitrogen and oxygen atoms in total. The summed E-state index contributed by atoms with van der Waals surface area (Å²) in [6.07, 6.45) is 0.310. The number of carbonyl (C=O) groups is 4. The molecule has 37 heavy (non-hydrogen) atoms. The van der Waals surface area contributed by atoms with Gasteiger partial charge in [0.15, 0.2) is 5.78 Å². The topological polar surface area (TPSA) is 114 Å². The smallest absolute Gasteiger partial charge is 0.408 e. The predicted octanol–water partition coefficient (Wildman–Crippen LogP) is 4.33. The minimum atomic E-state index is -0.961. The van der Waals surface area contributed by atoms with E-state index in [0.717, 1.165) is 5.56 Å². The van der Waals surface area contributed by atoms with Crippen LogP contribution in [0.15, 0.2) is 42.5 Å². The Morgan fingerprint density at radius 2 is 1.30 bits per heavy atom. The molecule has 0 aliphatic carbocycles. The van der Waals surface area contributed by atoms with Crippen molar-refractivity contribution in [3.8, 4) is 0 Å². The lowest BCUT2D eigenvalue weighted by atomic mass is 9.96. The van der Waals surface area contributed by atoms with Crippen LogP contribution in [0.25, 0.3) is 0 Å². The highest BCUT2D eigenvalue weighted by Crippen LogP contribution is 2.13. The third-order valence-corrected chi connectivity index (χ3v) is 5.39. The van der Waals surface area contributed by atoms with Crippen LogP contribution in [-0.2, 0) is 25.5 Å². The number of nitrogens with one attached hydrogen (secondary N) is 3. The first-order valence-electron chi connectivity index (χ1n) is 12.9. The van der Waals surface area contributed by atoms with E-state index < -0.39 is 41.6 Å². The van der Waals surface area contributed by atoms with Crippen LogP contribution < -0.4 is 16.0 Å². The maximum atomic E-state index is 13.4. The Labute approximate surface area is 222 Å². The van der Waals surface area contributed by atoms with Gasteiger partial charge in [0.05, 0.1) is 6.04 Å². The van der Waals surface area contributed by atoms with Crippen molar-refractivity contribution >= 4 is 23.7 Å². The molecule has 206 valence electrons. The molecule has 1 aromatic rings. The number of hydrogen-bond acceptors (Lipinski definition) is 5. The van der Waals surface area contributed by atoms with Crippen molar-refractivity contribution in [1.29, 1.82) is 0 Å². The van der Waals surface area contributed by atoms with Gasteiger partial charge in [-0.15, -0.1) is 0 Å². The standard InChI is InChI=1S/C29H45N3O5/c1-18(2)15-22(25(33)20(5)6)30-27(35)24(17-21-13-11-10-12-14-21)31-26(34)23(16-19(3)4)32-28(36)37-29(7,8)9/h10-14,18-19,22-24H,5,15-17H2,1-4,6-9H3,(H,30,35)(H,31,34)(H,32,36). The third kappa shape index (κ3) is 12.6. The van der Waals surface area contributed by atoms with Crippen LogP contribution >= 0.6 is 0 Å². The van der Waals surface area contributed by atoms with Crippen molar-refractivity contribution in [2.45, 2.75) is 98.4 Å². The van der Waals surface area contributed by atoms with Crippen molar-refractivity contribution in [3.63, 3.8) is 0 Å². The van der Waals surface area contributed by atoms with E-state index in [0.29, 0.717) is 18.4 Å². The summed E-state index contributed by atoms with van der Waals surface area (Å²) < 4.78 is 5.33. The second-order valence-corrected chi connectivity index (χ2v) is 11.4. The Hall–Kier alpha value is -3.16. The maximum absolute atomic E-state index is 13.4. The zero-order chi connectivity index (χ0) is 28.3. The highest BCUT2D eigenvalue weighted by molar-refractivity contribution is 6.01. The summed E-state index contributed by atoms with van der Waals surface area (Å²) in [5.41, 5.74) is 0.475. The average Bonchev–Trinajstić information content (AvgIpc) is 2.75. The molecular weight excluding hydrogens is 470 g/mol. The predicted molar refractivity (Wildman–Crippen MR) is 146 cm³/mol. The van der Waals surface area contributed by atoms with Gasteiger partial charge in [0, 0.05) is 6.42 Å². The normalized spacial score (nSPS) is 13.9. The number of alkyl carbamates (subject to hydrolysis) is 1. The summed E-state index contributed by atoms with van der Waals surface area (Å²) >= 11 is 0. The van der Waals surface area contributed by atoms with Gasteiger partial charge in [-0.25, -0.2) is 4.79 Å². The first-order chi connectivity index (χ1) is 17.1. The number of amides is 3. The largest absolute Gasteiger partial charge is 0.444 e. The molecule has 0 aliphatic heterocycles. The Balaban J connectivity index is 3.19. The van der Waals surface area contributed by atoms with Crippen LogP contribution in [0.1, 0.15) is 73.8 Å². The van der Waals surface area contributed by atoms with E-state index >= 15 is 0 Å². The molecule has 0 aliphatic rings. The van der Waals surface area contributed by atoms with Gasteiger partial charge < -0.3 is 20.7 Å². The molecule has 0 radical (unpaired) electrons. The molecule has 0 saturated carbocycles. The average molecular weight is 516 g/mol. The monoisotopic (exact) mass is 515 g/mol. The number of benzene rings is 1. The zero-order valence-electron chi connectivity index (χ0n) is 23.6. The molecule has 8 heteroatoms. The first kappa shape index (κ1) is 31.9. The molecular formula is C29H45N3O5. The SMILES string of the molecule is C=C(C)C(=O)C(CC(C)C)NC(=O)C(Cc1ccccc1)NC(=O)C(CC(C)C)NC(=O)OC(C)(C)C. The highest BCUT2D eigenvalue weighted by Gasteiger charge is 2.31. The lowest BCUT2D eigenvalue weighted by Gasteiger charge is -2.27. The van der Waals surface area contributed by atoms with Crippen molar-refractivity contribution < 1.29 is 23.9 Å². The van der Waals surface area contributed by atoms with E-state index in [2.05, 4.69) is 22.5 Å². The maximum Gasteiger partial charge on any atom is 0.408 e. The highest BCUT2D eigenvalue weighted by atomic mass is 16.6. The van der Waals surface area contributed by atoms with Gasteiger partial charge >= 0.3 is 6.09 Å². The van der Waals surface area contributed by atoms with Gasteiger partial charge in [-0.05, 0) is 63.5 Å². The van der Waals surface area contributed by atoms with Crippen molar-refractivity contribution in [2.75, 3.05) is 0 Å². The fourth-order valence-corrected chi connectivity index (χ4v) is 3.76. The van der Waals surface area contributed by atoms with E-state index in [1.54, 1.807) is 27.7 Å². The Morgan fingerprint density at radius 1 is 0.811 bits per heavy atom. The second kappa shape index (κ2) is 14.5. The molecule has 0 heterocycles. The Morgan fingerprint density at radius 3 is 1.78 bits per heavy atom. The zero-order valence-corrected chi connectivity index (χ0v) is 23.6. The molecule has 3 atom stereocenters. The van der Waals surface area contributed by atoms with E-state index in [4.69, 9.17) is 4.74 Å². The lowest BCUT2D eigenvalue weighted by Crippen LogP contribution is -2.57. The van der Waals surface area contributed by atoms with Crippen LogP contribution in [0, 0.1) is 11.8 Å². The summed E-state index contributed by atoms with van der Waals surface area (Å²) in [5.74, 6) is -0.962. The molecule has 1 rings (SSSR count). The van der Waals surface area contributed by atoms with Crippen molar-refractivity contribution in [2.24, 2.45) is 11.8 Å². The summed E-state index contributed by atoms with van der Waals surface area (Å²) in [6, 6.07) is 6.69. The molecule has 3 unspecified atom stereocenters. The molecule has 0 fully saturated rings. The molecule has 0 saturated heterocycles. The number of hydrogen-bond donors (Lipinski definition) is 3. The van der Waals surface area contributed by atoms with Crippen LogP contribution in [0.2, 0.25) is 0 Å². The third-order valence-electron chi connectivity index (χ3n) is 5.39. The summed E-state index contributed by atoms with van der Waals surface area (Å²) in [6.45, 7) is 18.4. The summed E-state index contributed by atoms with van der Waals surface area (Å²) in [5, 5.41) is 8.28. The van der Waals surface area contributed by atoms with Gasteiger partial charge in [-0.2, -0.15) is 0 Å². The number of carbonyl (C=O) groups excluding carboxylic acids is 4. The van der Waals surface area contributed by atoms with Gasteiger partial charge in [0.1, 0.15) is 17.7 Å². The first-order valence-corrected chi connectivity index (χ1v) is 12.9. The Bertz CT molecular complexity index is 935. The number of Topliss-reactive ketones (excluding diaryl/α,β-unsaturated/α-hetero) is 1. The van der Waals surface area contributed by atoms with Gasteiger partial charge in [-0.3, -0.25) is 14.4 Å². The van der Waals surface area contributed by atoms with E-state index in [1.165, 1.54) is 0 Å². The fraction of sp³-hybridized carbons (Fsp3) is 0.586. The van der Waals surface area contributed by atoms with Crippen LogP contribution in [0.5, 0.6) is 0 Å². The van der Waals surface area contributed by atoms with Gasteiger partial charge in [0.25, 0.3) is 0 Å². The molecule has 0 spiro atoms. The van der Waals surface area contributed by atoms with E-state index in [1.807, 2.05) is 58.0 Å². The van der Waals surface area contributed by atoms with Crippen LogP contribution in [0.3, 0.4) is 0 Å². The lowest BCUT2D eigenvalue weighted by molar-refractivity contribution is -0.131. The minimum absolute atomic E-state index is 0.0932. The molecule has 3 N–H and O–H groups in total. The molecule has 0 bridgehead atoms. The van der Waals surface area contributed by atoms with Gasteiger partial charge in [-0.1, -0.05) is 64.6 Å². The summed E-state index contributed by atoms with van der Waals surface area (Å²) in [4.78, 5) is 51.9. The second-order valence-electron chi connectivity index (χ2n) is 11.4. The fourth-order valence-electron chi connectivity index (χ4n) is 3.76. The quantitative estimate of drug-likeness (QED) is 0.339. The van der Waals surface area contributed by atoms with E-state index in [-0.39, 0.29) is 24.0 Å². The summed E-state index contributed by atoms with van der Waals surface area (Å²) in [7, 11) is 0. The number of ether oxygens (including phenoxy) is 1. The Kier molecular flexibility index (Phi) is 12.5. The van der Waals surface area contributed by atoms with Gasteiger partial charge in [0.2, 0.25) is 11.8 Å². The van der Waals surface area contributed by atoms with Crippen LogP contribution in [-0.4, -0.2) is 47.4 Å². The van der Waals surface area contributed by atoms with Crippen molar-refractivity contribution in [3.05, 3.63) is 48.0 Å². The molecule has 0 aromatic heterocycles. The van der Waals surface area contributed by atoms with Crippen LogP contribution in [0.4, 0.5) is 4.79 Å². The minimum Gasteiger partial charge on any atom is -0.444 e. The van der Waals surface area contributed by atoms with E-state index in [9.17, 15) is 19.2 Å². The number of ketones is 1. The molecule has 1 aromatic carbocycles. The van der Waals surface area contributed by atoms with Crippen molar-refractivity contribution in [1.82, 2.24) is 16.0 Å².